The van der Waals surface area contributed by atoms with Crippen LogP contribution in [0.4, 0.5) is 4.39 Å². The maximum Gasteiger partial charge on any atom is 0.180 e. The molecule has 0 saturated heterocycles. The fourth-order valence-corrected chi connectivity index (χ4v) is 1.83. The smallest absolute Gasteiger partial charge is 0.180 e. The van der Waals surface area contributed by atoms with Crippen molar-refractivity contribution in [3.05, 3.63) is 48.0 Å². The molecule has 3 heteroatoms. The molecule has 2 rings (SSSR count). The summed E-state index contributed by atoms with van der Waals surface area (Å²) < 4.78 is 12.2. The largest absolute Gasteiger partial charge is 0.321 e. The Labute approximate surface area is 99.2 Å². The zero-order valence-corrected chi connectivity index (χ0v) is 9.40. The monoisotopic (exact) mass is 231 g/mol. The number of hydrogen-bond donors (Lipinski definition) is 1. The highest BCUT2D eigenvalue weighted by molar-refractivity contribution is 5.86. The van der Waals surface area contributed by atoms with Gasteiger partial charge >= 0.3 is 0 Å². The number of benzene rings is 2. The fraction of sp³-hybridized carbons (Fsp3) is 0.214. The van der Waals surface area contributed by atoms with Crippen LogP contribution in [0.5, 0.6) is 0 Å². The van der Waals surface area contributed by atoms with E-state index in [1.807, 2.05) is 42.5 Å². The Morgan fingerprint density at radius 1 is 1.18 bits per heavy atom. The number of alkyl halides is 1. The molecule has 0 bridgehead atoms. The van der Waals surface area contributed by atoms with Crippen LogP contribution in [0, 0.1) is 0 Å². The van der Waals surface area contributed by atoms with Gasteiger partial charge in [0.05, 0.1) is 6.04 Å². The van der Waals surface area contributed by atoms with Crippen LogP contribution in [-0.2, 0) is 11.2 Å². The molecule has 0 fully saturated rings. The van der Waals surface area contributed by atoms with E-state index < -0.39 is 18.5 Å². The molecule has 0 heterocycles. The van der Waals surface area contributed by atoms with Gasteiger partial charge in [0.1, 0.15) is 6.67 Å². The van der Waals surface area contributed by atoms with E-state index in [-0.39, 0.29) is 0 Å². The first-order valence-corrected chi connectivity index (χ1v) is 5.52. The summed E-state index contributed by atoms with van der Waals surface area (Å²) in [6, 6.07) is 13.1. The van der Waals surface area contributed by atoms with Crippen molar-refractivity contribution >= 4 is 16.6 Å². The minimum atomic E-state index is -0.991. The molecule has 0 spiro atoms. The second kappa shape index (κ2) is 5.06. The van der Waals surface area contributed by atoms with E-state index in [1.165, 1.54) is 0 Å². The van der Waals surface area contributed by atoms with Gasteiger partial charge in [0, 0.05) is 0 Å². The summed E-state index contributed by atoms with van der Waals surface area (Å²) in [5.74, 6) is -0.543. The van der Waals surface area contributed by atoms with Gasteiger partial charge in [0.2, 0.25) is 0 Å². The Hall–Kier alpha value is -1.74. The second-order valence-corrected chi connectivity index (χ2v) is 4.09. The summed E-state index contributed by atoms with van der Waals surface area (Å²) in [5.41, 5.74) is 6.57. The van der Waals surface area contributed by atoms with Crippen molar-refractivity contribution in [2.75, 3.05) is 6.67 Å². The summed E-state index contributed by atoms with van der Waals surface area (Å²) in [5, 5.41) is 2.24. The van der Waals surface area contributed by atoms with Crippen LogP contribution in [0.1, 0.15) is 5.56 Å². The highest BCUT2D eigenvalue weighted by atomic mass is 19.1. The highest BCUT2D eigenvalue weighted by Gasteiger charge is 2.13. The van der Waals surface area contributed by atoms with Gasteiger partial charge in [-0.15, -0.1) is 0 Å². The summed E-state index contributed by atoms with van der Waals surface area (Å²) in [6.45, 7) is -0.991. The van der Waals surface area contributed by atoms with E-state index in [1.54, 1.807) is 0 Å². The molecule has 0 aromatic heterocycles. The molecule has 0 amide bonds. The zero-order valence-electron chi connectivity index (χ0n) is 9.40. The average molecular weight is 231 g/mol. The Bertz CT molecular complexity index is 538. The quantitative estimate of drug-likeness (QED) is 0.877. The van der Waals surface area contributed by atoms with Crippen molar-refractivity contribution in [3.63, 3.8) is 0 Å². The van der Waals surface area contributed by atoms with E-state index in [2.05, 4.69) is 0 Å². The predicted octanol–water partition coefficient (Wildman–Crippen LogP) is 2.25. The van der Waals surface area contributed by atoms with Crippen LogP contribution in [0.3, 0.4) is 0 Å². The molecule has 2 nitrogen and oxygen atoms in total. The number of carbonyl (C=O) groups is 1. The van der Waals surface area contributed by atoms with Crippen LogP contribution >= 0.6 is 0 Å². The Balaban J connectivity index is 2.22. The highest BCUT2D eigenvalue weighted by Crippen LogP contribution is 2.16. The molecular weight excluding hydrogens is 217 g/mol. The third-order valence-electron chi connectivity index (χ3n) is 2.81. The molecule has 2 N–H and O–H groups in total. The van der Waals surface area contributed by atoms with Crippen LogP contribution in [0.25, 0.3) is 10.8 Å². The van der Waals surface area contributed by atoms with Crippen LogP contribution in [0.15, 0.2) is 42.5 Å². The van der Waals surface area contributed by atoms with Crippen LogP contribution in [-0.4, -0.2) is 18.5 Å². The lowest BCUT2D eigenvalue weighted by Gasteiger charge is -2.09. The molecule has 0 radical (unpaired) electrons. The molecule has 0 aliphatic carbocycles. The first kappa shape index (κ1) is 11.7. The van der Waals surface area contributed by atoms with Crippen molar-refractivity contribution < 1.29 is 9.18 Å². The Kier molecular flexibility index (Phi) is 3.49. The van der Waals surface area contributed by atoms with Gasteiger partial charge in [-0.2, -0.15) is 0 Å². The average Bonchev–Trinajstić information content (AvgIpc) is 2.37. The van der Waals surface area contributed by atoms with Gasteiger partial charge in [-0.1, -0.05) is 42.5 Å². The van der Waals surface area contributed by atoms with E-state index in [0.29, 0.717) is 6.42 Å². The third-order valence-corrected chi connectivity index (χ3v) is 2.81. The number of hydrogen-bond acceptors (Lipinski definition) is 2. The van der Waals surface area contributed by atoms with Gasteiger partial charge in [0.25, 0.3) is 0 Å². The molecule has 88 valence electrons. The molecule has 1 atom stereocenters. The molecule has 2 aromatic rings. The van der Waals surface area contributed by atoms with Gasteiger partial charge < -0.3 is 5.73 Å². The number of halogens is 1. The number of Topliss-reactive ketones (excluding diaryl/α,β-unsaturated/α-hetero) is 1. The normalized spacial score (nSPS) is 12.6. The molecule has 17 heavy (non-hydrogen) atoms. The fourth-order valence-electron chi connectivity index (χ4n) is 1.83. The Morgan fingerprint density at radius 2 is 1.88 bits per heavy atom. The van der Waals surface area contributed by atoms with Gasteiger partial charge in [-0.3, -0.25) is 4.79 Å². The minimum absolute atomic E-state index is 0.383. The lowest BCUT2D eigenvalue weighted by atomic mass is 10.0. The number of carbonyl (C=O) groups excluding carboxylic acids is 1. The standard InChI is InChI=1S/C14H14FNO/c15-9-14(17)13(16)8-10-5-6-11-3-1-2-4-12(11)7-10/h1-7,13H,8-9,16H2. The SMILES string of the molecule is NC(Cc1ccc2ccccc2c1)C(=O)CF. The van der Waals surface area contributed by atoms with Gasteiger partial charge in [-0.05, 0) is 22.8 Å². The van der Waals surface area contributed by atoms with E-state index in [9.17, 15) is 9.18 Å². The first-order valence-electron chi connectivity index (χ1n) is 5.52. The van der Waals surface area contributed by atoms with Crippen LogP contribution in [0.2, 0.25) is 0 Å². The lowest BCUT2D eigenvalue weighted by molar-refractivity contribution is -0.121. The van der Waals surface area contributed by atoms with E-state index in [0.717, 1.165) is 16.3 Å². The van der Waals surface area contributed by atoms with Gasteiger partial charge in [0.15, 0.2) is 5.78 Å². The molecular formula is C14H14FNO. The van der Waals surface area contributed by atoms with Gasteiger partial charge in [-0.25, -0.2) is 4.39 Å². The molecule has 0 aliphatic heterocycles. The van der Waals surface area contributed by atoms with Crippen molar-refractivity contribution in [1.82, 2.24) is 0 Å². The number of ketones is 1. The minimum Gasteiger partial charge on any atom is -0.321 e. The molecule has 0 saturated carbocycles. The number of fused-ring (bicyclic) bond motifs is 1. The number of nitrogens with two attached hydrogens (primary N) is 1. The maximum absolute atomic E-state index is 12.2. The topological polar surface area (TPSA) is 43.1 Å². The van der Waals surface area contributed by atoms with E-state index in [4.69, 9.17) is 5.73 Å². The van der Waals surface area contributed by atoms with E-state index >= 15 is 0 Å². The summed E-state index contributed by atoms with van der Waals surface area (Å²) in [7, 11) is 0. The molecule has 2 aromatic carbocycles. The second-order valence-electron chi connectivity index (χ2n) is 4.09. The predicted molar refractivity (Wildman–Crippen MR) is 66.6 cm³/mol. The summed E-state index contributed by atoms with van der Waals surface area (Å²) in [6.07, 6.45) is 0.383. The van der Waals surface area contributed by atoms with Crippen molar-refractivity contribution in [2.45, 2.75) is 12.5 Å². The summed E-state index contributed by atoms with van der Waals surface area (Å²) in [4.78, 5) is 11.1. The Morgan fingerprint density at radius 3 is 2.59 bits per heavy atom. The van der Waals surface area contributed by atoms with Crippen LogP contribution < -0.4 is 5.73 Å². The lowest BCUT2D eigenvalue weighted by Crippen LogP contribution is -2.33. The summed E-state index contributed by atoms with van der Waals surface area (Å²) >= 11 is 0. The number of rotatable bonds is 4. The maximum atomic E-state index is 12.2. The third kappa shape index (κ3) is 2.68. The van der Waals surface area contributed by atoms with Crippen molar-refractivity contribution in [2.24, 2.45) is 5.73 Å². The molecule has 0 aliphatic rings. The van der Waals surface area contributed by atoms with Crippen molar-refractivity contribution in [3.8, 4) is 0 Å². The van der Waals surface area contributed by atoms with Crippen molar-refractivity contribution in [1.29, 1.82) is 0 Å². The first-order chi connectivity index (χ1) is 8.20. The zero-order chi connectivity index (χ0) is 12.3. The molecule has 1 unspecified atom stereocenters.